The van der Waals surface area contributed by atoms with Gasteiger partial charge >= 0.3 is 0 Å². The summed E-state index contributed by atoms with van der Waals surface area (Å²) in [5.41, 5.74) is 2.79. The summed E-state index contributed by atoms with van der Waals surface area (Å²) in [5, 5.41) is 0.993. The Morgan fingerprint density at radius 1 is 1.00 bits per heavy atom. The summed E-state index contributed by atoms with van der Waals surface area (Å²) in [5.74, 6) is 0. The molecular formula is C19H34ClN. The van der Waals surface area contributed by atoms with Crippen molar-refractivity contribution < 1.29 is 0 Å². The number of hydrogen-bond donors (Lipinski definition) is 0. The molecule has 122 valence electrons. The molecule has 0 bridgehead atoms. The van der Waals surface area contributed by atoms with Crippen LogP contribution in [0.15, 0.2) is 6.20 Å². The maximum absolute atomic E-state index is 6.63. The number of aryl methyl sites for hydroxylation is 2. The van der Waals surface area contributed by atoms with Crippen molar-refractivity contribution in [3.63, 3.8) is 0 Å². The summed E-state index contributed by atoms with van der Waals surface area (Å²) in [7, 11) is 2.15. The minimum atomic E-state index is 0.225. The normalized spacial score (nSPS) is 14.4. The van der Waals surface area contributed by atoms with Crippen LogP contribution in [0.4, 0.5) is 0 Å². The van der Waals surface area contributed by atoms with E-state index in [1.165, 1.54) is 69.0 Å². The molecule has 0 radical (unpaired) electrons. The number of halogens is 1. The molecule has 0 saturated heterocycles. The molecule has 0 amide bonds. The van der Waals surface area contributed by atoms with Crippen molar-refractivity contribution in [2.75, 3.05) is 0 Å². The van der Waals surface area contributed by atoms with Gasteiger partial charge in [0.2, 0.25) is 0 Å². The number of aromatic nitrogens is 1. The van der Waals surface area contributed by atoms with Gasteiger partial charge in [-0.2, -0.15) is 0 Å². The summed E-state index contributed by atoms with van der Waals surface area (Å²) >= 11 is 6.63. The van der Waals surface area contributed by atoms with Crippen LogP contribution in [0, 0.1) is 6.92 Å². The highest BCUT2D eigenvalue weighted by Crippen LogP contribution is 2.40. The van der Waals surface area contributed by atoms with E-state index in [0.29, 0.717) is 0 Å². The van der Waals surface area contributed by atoms with Gasteiger partial charge in [-0.25, -0.2) is 0 Å². The van der Waals surface area contributed by atoms with Gasteiger partial charge in [0, 0.05) is 24.4 Å². The van der Waals surface area contributed by atoms with Crippen molar-refractivity contribution in [3.8, 4) is 0 Å². The van der Waals surface area contributed by atoms with Crippen LogP contribution in [0.3, 0.4) is 0 Å². The molecule has 0 saturated carbocycles. The lowest BCUT2D eigenvalue weighted by Gasteiger charge is -2.31. The quantitative estimate of drug-likeness (QED) is 0.419. The van der Waals surface area contributed by atoms with E-state index in [2.05, 4.69) is 45.5 Å². The fourth-order valence-corrected chi connectivity index (χ4v) is 3.92. The van der Waals surface area contributed by atoms with E-state index >= 15 is 0 Å². The molecule has 2 heteroatoms. The van der Waals surface area contributed by atoms with Crippen molar-refractivity contribution in [2.45, 2.75) is 90.9 Å². The van der Waals surface area contributed by atoms with Gasteiger partial charge in [-0.3, -0.25) is 0 Å². The van der Waals surface area contributed by atoms with Crippen LogP contribution >= 0.6 is 11.6 Å². The molecule has 1 heterocycles. The number of unbranched alkanes of at least 4 members (excludes halogenated alkanes) is 5. The Kier molecular flexibility index (Phi) is 7.87. The topological polar surface area (TPSA) is 4.93 Å². The molecule has 21 heavy (non-hydrogen) atoms. The zero-order chi connectivity index (χ0) is 15.9. The molecule has 0 aliphatic carbocycles. The van der Waals surface area contributed by atoms with E-state index in [0.717, 1.165) is 5.02 Å². The Labute approximate surface area is 137 Å². The van der Waals surface area contributed by atoms with Crippen LogP contribution in [-0.2, 0) is 12.5 Å². The van der Waals surface area contributed by atoms with Crippen molar-refractivity contribution in [2.24, 2.45) is 7.05 Å². The summed E-state index contributed by atoms with van der Waals surface area (Å²) in [6, 6.07) is 0. The van der Waals surface area contributed by atoms with E-state index < -0.39 is 0 Å². The van der Waals surface area contributed by atoms with Crippen molar-refractivity contribution >= 4 is 11.6 Å². The lowest BCUT2D eigenvalue weighted by atomic mass is 9.76. The highest BCUT2D eigenvalue weighted by Gasteiger charge is 2.31. The first-order valence-electron chi connectivity index (χ1n) is 8.78. The molecule has 0 spiro atoms. The van der Waals surface area contributed by atoms with Crippen LogP contribution < -0.4 is 0 Å². The molecule has 0 aromatic carbocycles. The summed E-state index contributed by atoms with van der Waals surface area (Å²) in [6.07, 6.45) is 13.9. The third kappa shape index (κ3) is 5.06. The predicted octanol–water partition coefficient (Wildman–Crippen LogP) is 6.80. The Balaban J connectivity index is 2.88. The van der Waals surface area contributed by atoms with E-state index in [1.54, 1.807) is 0 Å². The third-order valence-corrected chi connectivity index (χ3v) is 5.26. The van der Waals surface area contributed by atoms with Crippen molar-refractivity contribution in [1.82, 2.24) is 4.57 Å². The first kappa shape index (κ1) is 18.6. The van der Waals surface area contributed by atoms with Gasteiger partial charge in [-0.1, -0.05) is 77.3 Å². The molecule has 0 aliphatic heterocycles. The third-order valence-electron chi connectivity index (χ3n) is 4.78. The number of nitrogens with zero attached hydrogens (tertiary/aromatic N) is 1. The minimum absolute atomic E-state index is 0.225. The van der Waals surface area contributed by atoms with Crippen molar-refractivity contribution in [3.05, 3.63) is 22.5 Å². The maximum Gasteiger partial charge on any atom is 0.0649 e. The zero-order valence-electron chi connectivity index (χ0n) is 14.8. The first-order valence-corrected chi connectivity index (χ1v) is 9.16. The fourth-order valence-electron chi connectivity index (χ4n) is 3.51. The van der Waals surface area contributed by atoms with Crippen LogP contribution in [-0.4, -0.2) is 4.57 Å². The Morgan fingerprint density at radius 3 is 2.00 bits per heavy atom. The maximum atomic E-state index is 6.63. The van der Waals surface area contributed by atoms with Gasteiger partial charge in [0.05, 0.1) is 5.02 Å². The lowest BCUT2D eigenvalue weighted by molar-refractivity contribution is 0.349. The Hall–Kier alpha value is -0.430. The predicted molar refractivity (Wildman–Crippen MR) is 95.4 cm³/mol. The highest BCUT2D eigenvalue weighted by atomic mass is 35.5. The molecule has 0 N–H and O–H groups in total. The van der Waals surface area contributed by atoms with E-state index in [-0.39, 0.29) is 5.41 Å². The van der Waals surface area contributed by atoms with Gasteiger partial charge in [0.25, 0.3) is 0 Å². The largest absolute Gasteiger partial charge is 0.352 e. The molecule has 1 aromatic rings. The Morgan fingerprint density at radius 2 is 1.52 bits per heavy atom. The average molecular weight is 312 g/mol. The fraction of sp³-hybridized carbons (Fsp3) is 0.789. The first-order chi connectivity index (χ1) is 9.96. The Bertz CT molecular complexity index is 421. The number of rotatable bonds is 10. The van der Waals surface area contributed by atoms with E-state index in [1.807, 2.05) is 0 Å². The van der Waals surface area contributed by atoms with Crippen LogP contribution in [0.5, 0.6) is 0 Å². The molecule has 1 unspecified atom stereocenters. The molecule has 1 atom stereocenters. The highest BCUT2D eigenvalue weighted by molar-refractivity contribution is 6.32. The second-order valence-corrected chi connectivity index (χ2v) is 7.29. The van der Waals surface area contributed by atoms with Crippen LogP contribution in [0.25, 0.3) is 0 Å². The second kappa shape index (κ2) is 8.88. The zero-order valence-corrected chi connectivity index (χ0v) is 15.5. The average Bonchev–Trinajstić information content (AvgIpc) is 2.69. The standard InChI is InChI=1S/C19H34ClN/c1-6-8-10-12-14-19(4,13-11-9-7-2)18-17(20)16(3)15-21(18)5/h15H,6-14H2,1-5H3. The molecule has 1 aromatic heterocycles. The van der Waals surface area contributed by atoms with Gasteiger partial charge in [-0.15, -0.1) is 0 Å². The van der Waals surface area contributed by atoms with Crippen LogP contribution in [0.2, 0.25) is 5.02 Å². The number of hydrogen-bond acceptors (Lipinski definition) is 0. The van der Waals surface area contributed by atoms with Gasteiger partial charge in [0.1, 0.15) is 0 Å². The van der Waals surface area contributed by atoms with E-state index in [9.17, 15) is 0 Å². The SMILES string of the molecule is CCCCCCC(C)(CCCCC)c1c(Cl)c(C)cn1C. The molecule has 1 rings (SSSR count). The van der Waals surface area contributed by atoms with Crippen LogP contribution in [0.1, 0.15) is 89.8 Å². The molecule has 1 nitrogen and oxygen atoms in total. The van der Waals surface area contributed by atoms with Gasteiger partial charge in [-0.05, 0) is 25.3 Å². The van der Waals surface area contributed by atoms with Gasteiger partial charge in [0.15, 0.2) is 0 Å². The lowest BCUT2D eigenvalue weighted by Crippen LogP contribution is -2.25. The van der Waals surface area contributed by atoms with Gasteiger partial charge < -0.3 is 4.57 Å². The summed E-state index contributed by atoms with van der Waals surface area (Å²) < 4.78 is 2.27. The second-order valence-electron chi connectivity index (χ2n) is 6.91. The van der Waals surface area contributed by atoms with E-state index in [4.69, 9.17) is 11.6 Å². The summed E-state index contributed by atoms with van der Waals surface area (Å²) in [6.45, 7) is 9.10. The molecule has 0 fully saturated rings. The van der Waals surface area contributed by atoms with Crippen molar-refractivity contribution in [1.29, 1.82) is 0 Å². The minimum Gasteiger partial charge on any atom is -0.352 e. The molecular weight excluding hydrogens is 278 g/mol. The monoisotopic (exact) mass is 311 g/mol. The smallest absolute Gasteiger partial charge is 0.0649 e. The summed E-state index contributed by atoms with van der Waals surface area (Å²) in [4.78, 5) is 0. The molecule has 0 aliphatic rings.